The van der Waals surface area contributed by atoms with Crippen LogP contribution >= 0.6 is 0 Å². The second kappa shape index (κ2) is 56.9. The summed E-state index contributed by atoms with van der Waals surface area (Å²) in [4.78, 5) is 37.9. The maximum Gasteiger partial charge on any atom is 0.306 e. The molecular formula is C63H106O6. The van der Waals surface area contributed by atoms with Gasteiger partial charge in [0.25, 0.3) is 0 Å². The fourth-order valence-electron chi connectivity index (χ4n) is 7.77. The summed E-state index contributed by atoms with van der Waals surface area (Å²) in [6.07, 6.45) is 75.6. The molecule has 0 aromatic rings. The Morgan fingerprint density at radius 2 is 0.565 bits per heavy atom. The van der Waals surface area contributed by atoms with Crippen molar-refractivity contribution in [3.63, 3.8) is 0 Å². The first-order chi connectivity index (χ1) is 34.0. The van der Waals surface area contributed by atoms with Gasteiger partial charge in [-0.15, -0.1) is 0 Å². The standard InChI is InChI=1S/C63H106O6/c1-4-7-10-13-16-18-20-22-24-25-26-27-28-29-30-31-32-33-34-35-36-37-39-40-42-44-47-50-53-56-62(65)68-59-60(58-67-61(64)55-52-49-46-15-12-9-6-3)69-63(66)57-54-51-48-45-43-41-38-23-21-19-17-14-11-8-5-2/h7,10,16-19,22-24,26-27,29-30,32-33,38,60H,4-6,8-9,11-15,20-21,25,28,31,34-37,39-59H2,1-3H3/b10-7-,18-16-,19-17-,24-22-,27-26-,30-29-,33-32-,38-23-. The van der Waals surface area contributed by atoms with E-state index in [1.54, 1.807) is 0 Å². The van der Waals surface area contributed by atoms with Crippen molar-refractivity contribution >= 4 is 17.9 Å². The van der Waals surface area contributed by atoms with E-state index in [2.05, 4.69) is 118 Å². The van der Waals surface area contributed by atoms with Gasteiger partial charge in [0.15, 0.2) is 6.10 Å². The fraction of sp³-hybridized carbons (Fsp3) is 0.698. The van der Waals surface area contributed by atoms with E-state index in [4.69, 9.17) is 14.2 Å². The number of rotatable bonds is 51. The van der Waals surface area contributed by atoms with Crippen molar-refractivity contribution in [2.45, 2.75) is 271 Å². The Bertz CT molecular complexity index is 1380. The zero-order valence-corrected chi connectivity index (χ0v) is 45.0. The first-order valence-electron chi connectivity index (χ1n) is 28.7. The van der Waals surface area contributed by atoms with Crippen LogP contribution in [0.2, 0.25) is 0 Å². The summed E-state index contributed by atoms with van der Waals surface area (Å²) in [7, 11) is 0. The van der Waals surface area contributed by atoms with Crippen LogP contribution in [-0.2, 0) is 28.6 Å². The van der Waals surface area contributed by atoms with Gasteiger partial charge in [-0.3, -0.25) is 14.4 Å². The molecule has 1 atom stereocenters. The van der Waals surface area contributed by atoms with Crippen LogP contribution in [-0.4, -0.2) is 37.2 Å². The molecule has 0 amide bonds. The second-order valence-corrected chi connectivity index (χ2v) is 18.8. The third kappa shape index (κ3) is 55.1. The van der Waals surface area contributed by atoms with Crippen molar-refractivity contribution < 1.29 is 28.6 Å². The van der Waals surface area contributed by atoms with Crippen LogP contribution < -0.4 is 0 Å². The fourth-order valence-corrected chi connectivity index (χ4v) is 7.77. The van der Waals surface area contributed by atoms with Gasteiger partial charge in [0.2, 0.25) is 0 Å². The zero-order chi connectivity index (χ0) is 50.0. The van der Waals surface area contributed by atoms with Crippen LogP contribution in [0.1, 0.15) is 265 Å². The molecule has 0 aromatic carbocycles. The highest BCUT2D eigenvalue weighted by Gasteiger charge is 2.19. The van der Waals surface area contributed by atoms with Crippen LogP contribution in [0.3, 0.4) is 0 Å². The molecule has 0 saturated heterocycles. The van der Waals surface area contributed by atoms with Crippen LogP contribution in [0.4, 0.5) is 0 Å². The molecule has 0 aliphatic rings. The number of ether oxygens (including phenoxy) is 3. The molecule has 6 nitrogen and oxygen atoms in total. The number of esters is 3. The van der Waals surface area contributed by atoms with E-state index in [9.17, 15) is 14.4 Å². The lowest BCUT2D eigenvalue weighted by molar-refractivity contribution is -0.167. The summed E-state index contributed by atoms with van der Waals surface area (Å²) < 4.78 is 16.8. The van der Waals surface area contributed by atoms with Crippen molar-refractivity contribution in [3.8, 4) is 0 Å². The number of hydrogen-bond acceptors (Lipinski definition) is 6. The largest absolute Gasteiger partial charge is 0.462 e. The Labute approximate surface area is 426 Å². The summed E-state index contributed by atoms with van der Waals surface area (Å²) in [5, 5.41) is 0. The van der Waals surface area contributed by atoms with Gasteiger partial charge in [-0.05, 0) is 103 Å². The van der Waals surface area contributed by atoms with E-state index in [1.807, 2.05) is 0 Å². The molecule has 394 valence electrons. The first kappa shape index (κ1) is 65.3. The third-order valence-corrected chi connectivity index (χ3v) is 12.1. The lowest BCUT2D eigenvalue weighted by Crippen LogP contribution is -2.30. The highest BCUT2D eigenvalue weighted by atomic mass is 16.6. The van der Waals surface area contributed by atoms with E-state index < -0.39 is 6.10 Å². The maximum atomic E-state index is 12.8. The van der Waals surface area contributed by atoms with Crippen LogP contribution in [0.5, 0.6) is 0 Å². The molecule has 6 heteroatoms. The summed E-state index contributed by atoms with van der Waals surface area (Å²) >= 11 is 0. The lowest BCUT2D eigenvalue weighted by atomic mass is 10.1. The number of carbonyl (C=O) groups is 3. The van der Waals surface area contributed by atoms with Gasteiger partial charge in [0.1, 0.15) is 13.2 Å². The number of carbonyl (C=O) groups excluding carboxylic acids is 3. The summed E-state index contributed by atoms with van der Waals surface area (Å²) in [5.74, 6) is -0.907. The van der Waals surface area contributed by atoms with Gasteiger partial charge in [0, 0.05) is 19.3 Å². The lowest BCUT2D eigenvalue weighted by Gasteiger charge is -2.18. The molecular weight excluding hydrogens is 853 g/mol. The van der Waals surface area contributed by atoms with Gasteiger partial charge < -0.3 is 14.2 Å². The minimum atomic E-state index is -0.783. The monoisotopic (exact) mass is 959 g/mol. The minimum absolute atomic E-state index is 0.0833. The zero-order valence-electron chi connectivity index (χ0n) is 45.0. The van der Waals surface area contributed by atoms with E-state index in [0.29, 0.717) is 19.3 Å². The Kier molecular flexibility index (Phi) is 53.9. The highest BCUT2D eigenvalue weighted by molar-refractivity contribution is 5.71. The van der Waals surface area contributed by atoms with E-state index in [-0.39, 0.29) is 31.1 Å². The van der Waals surface area contributed by atoms with Crippen molar-refractivity contribution in [2.75, 3.05) is 13.2 Å². The van der Waals surface area contributed by atoms with E-state index >= 15 is 0 Å². The molecule has 0 bridgehead atoms. The van der Waals surface area contributed by atoms with Gasteiger partial charge in [0.05, 0.1) is 0 Å². The predicted octanol–water partition coefficient (Wildman–Crippen LogP) is 19.3. The molecule has 0 saturated carbocycles. The highest BCUT2D eigenvalue weighted by Crippen LogP contribution is 2.15. The molecule has 0 aliphatic carbocycles. The average molecular weight is 960 g/mol. The topological polar surface area (TPSA) is 78.9 Å². The van der Waals surface area contributed by atoms with Gasteiger partial charge >= 0.3 is 17.9 Å². The normalized spacial score (nSPS) is 12.8. The van der Waals surface area contributed by atoms with Crippen LogP contribution in [0.15, 0.2) is 97.2 Å². The molecule has 0 aliphatic heterocycles. The quantitative estimate of drug-likeness (QED) is 0.0262. The molecule has 0 N–H and O–H groups in total. The van der Waals surface area contributed by atoms with Gasteiger partial charge in [-0.2, -0.15) is 0 Å². The number of unbranched alkanes of at least 4 members (excludes halogenated alkanes) is 24. The average Bonchev–Trinajstić information content (AvgIpc) is 3.35. The van der Waals surface area contributed by atoms with Crippen LogP contribution in [0.25, 0.3) is 0 Å². The Morgan fingerprint density at radius 1 is 0.304 bits per heavy atom. The van der Waals surface area contributed by atoms with Crippen molar-refractivity contribution in [2.24, 2.45) is 0 Å². The Morgan fingerprint density at radius 3 is 0.913 bits per heavy atom. The SMILES string of the molecule is CC/C=C\C/C=C\C/C=C\C/C=C\C/C=C\C/C=C\CCCCCCCCCCCCC(=O)OCC(COC(=O)CCCCCCCCC)OC(=O)CCCCCCC/C=C\C/C=C\CCCCC. The number of allylic oxidation sites excluding steroid dienone is 16. The second-order valence-electron chi connectivity index (χ2n) is 18.8. The van der Waals surface area contributed by atoms with E-state index in [1.165, 1.54) is 103 Å². The first-order valence-corrected chi connectivity index (χ1v) is 28.7. The van der Waals surface area contributed by atoms with Crippen LogP contribution in [0, 0.1) is 0 Å². The Balaban J connectivity index is 4.16. The molecule has 0 rings (SSSR count). The van der Waals surface area contributed by atoms with Crippen molar-refractivity contribution in [1.29, 1.82) is 0 Å². The smallest absolute Gasteiger partial charge is 0.306 e. The predicted molar refractivity (Wildman–Crippen MR) is 297 cm³/mol. The molecule has 0 radical (unpaired) electrons. The Hall–Kier alpha value is -3.67. The summed E-state index contributed by atoms with van der Waals surface area (Å²) in [6, 6.07) is 0. The summed E-state index contributed by atoms with van der Waals surface area (Å²) in [5.41, 5.74) is 0. The number of hydrogen-bond donors (Lipinski definition) is 0. The summed E-state index contributed by atoms with van der Waals surface area (Å²) in [6.45, 7) is 6.44. The molecule has 0 heterocycles. The molecule has 1 unspecified atom stereocenters. The molecule has 0 aromatic heterocycles. The molecule has 0 fully saturated rings. The van der Waals surface area contributed by atoms with Gasteiger partial charge in [-0.1, -0.05) is 240 Å². The third-order valence-electron chi connectivity index (χ3n) is 12.1. The van der Waals surface area contributed by atoms with Gasteiger partial charge in [-0.25, -0.2) is 0 Å². The minimum Gasteiger partial charge on any atom is -0.462 e. The maximum absolute atomic E-state index is 12.8. The van der Waals surface area contributed by atoms with Crippen molar-refractivity contribution in [3.05, 3.63) is 97.2 Å². The molecule has 69 heavy (non-hydrogen) atoms. The van der Waals surface area contributed by atoms with Crippen molar-refractivity contribution in [1.82, 2.24) is 0 Å². The molecule has 0 spiro atoms. The van der Waals surface area contributed by atoms with E-state index in [0.717, 1.165) is 122 Å².